The molecule has 0 aliphatic heterocycles. The number of aromatic nitrogens is 1. The smallest absolute Gasteiger partial charge is 0.312 e. The summed E-state index contributed by atoms with van der Waals surface area (Å²) in [5.74, 6) is -1.61. The second-order valence-corrected chi connectivity index (χ2v) is 5.83. The molecule has 0 amide bonds. The van der Waals surface area contributed by atoms with Crippen molar-refractivity contribution in [1.29, 1.82) is 0 Å². The molecule has 0 aliphatic rings. The normalized spacial score (nSPS) is 12.2. The van der Waals surface area contributed by atoms with Crippen molar-refractivity contribution in [3.8, 4) is 0 Å². The molecule has 20 heavy (non-hydrogen) atoms. The number of rotatable bonds is 4. The number of hydrogen-bond donors (Lipinski definition) is 1. The fourth-order valence-electron chi connectivity index (χ4n) is 2.04. The van der Waals surface area contributed by atoms with Gasteiger partial charge in [-0.3, -0.25) is 9.78 Å². The minimum absolute atomic E-state index is 0.398. The van der Waals surface area contributed by atoms with E-state index in [1.807, 2.05) is 31.2 Å². The van der Waals surface area contributed by atoms with Crippen LogP contribution < -0.4 is 0 Å². The lowest BCUT2D eigenvalue weighted by Gasteiger charge is -2.15. The zero-order valence-corrected chi connectivity index (χ0v) is 13.1. The Bertz CT molecular complexity index is 646. The van der Waals surface area contributed by atoms with Crippen LogP contribution in [0.5, 0.6) is 0 Å². The van der Waals surface area contributed by atoms with Gasteiger partial charge in [0.25, 0.3) is 0 Å². The van der Waals surface area contributed by atoms with Gasteiger partial charge in [-0.25, -0.2) is 0 Å². The molecule has 2 rings (SSSR count). The molecule has 2 aromatic rings. The summed E-state index contributed by atoms with van der Waals surface area (Å²) >= 11 is 9.18. The molecule has 0 spiro atoms. The summed E-state index contributed by atoms with van der Waals surface area (Å²) in [5.41, 5.74) is 2.57. The van der Waals surface area contributed by atoms with E-state index in [9.17, 15) is 9.90 Å². The highest BCUT2D eigenvalue weighted by atomic mass is 79.9. The van der Waals surface area contributed by atoms with E-state index in [1.165, 1.54) is 6.20 Å². The van der Waals surface area contributed by atoms with Gasteiger partial charge in [-0.15, -0.1) is 0 Å². The number of aryl methyl sites for hydroxylation is 1. The molecule has 1 unspecified atom stereocenters. The minimum atomic E-state index is -0.899. The Labute approximate surface area is 130 Å². The zero-order chi connectivity index (χ0) is 14.7. The summed E-state index contributed by atoms with van der Waals surface area (Å²) < 4.78 is 0.617. The van der Waals surface area contributed by atoms with E-state index in [0.717, 1.165) is 11.1 Å². The lowest BCUT2D eigenvalue weighted by molar-refractivity contribution is -0.138. The van der Waals surface area contributed by atoms with Crippen LogP contribution in [0.1, 0.15) is 22.7 Å². The molecule has 104 valence electrons. The first-order chi connectivity index (χ1) is 9.49. The quantitative estimate of drug-likeness (QED) is 0.894. The van der Waals surface area contributed by atoms with Crippen molar-refractivity contribution in [2.24, 2.45) is 0 Å². The first kappa shape index (κ1) is 15.0. The second kappa shape index (κ2) is 6.37. The van der Waals surface area contributed by atoms with Gasteiger partial charge in [0, 0.05) is 10.7 Å². The molecule has 0 saturated carbocycles. The van der Waals surface area contributed by atoms with E-state index in [1.54, 1.807) is 6.07 Å². The Balaban J connectivity index is 2.37. The van der Waals surface area contributed by atoms with Crippen molar-refractivity contribution in [3.63, 3.8) is 0 Å². The summed E-state index contributed by atoms with van der Waals surface area (Å²) in [7, 11) is 0. The fraction of sp³-hybridized carbons (Fsp3) is 0.200. The molecule has 0 fully saturated rings. The SMILES string of the molecule is Cc1ccccc1CC(C(=O)O)c1ncc(Cl)cc1Br. The van der Waals surface area contributed by atoms with E-state index in [-0.39, 0.29) is 0 Å². The third-order valence-corrected chi connectivity index (χ3v) is 3.99. The highest BCUT2D eigenvalue weighted by molar-refractivity contribution is 9.10. The lowest BCUT2D eigenvalue weighted by Crippen LogP contribution is -2.17. The zero-order valence-electron chi connectivity index (χ0n) is 10.8. The Morgan fingerprint density at radius 2 is 2.15 bits per heavy atom. The minimum Gasteiger partial charge on any atom is -0.481 e. The number of aliphatic carboxylic acids is 1. The van der Waals surface area contributed by atoms with Crippen molar-refractivity contribution >= 4 is 33.5 Å². The molecular formula is C15H13BrClNO2. The van der Waals surface area contributed by atoms with Crippen LogP contribution in [0.2, 0.25) is 5.02 Å². The number of benzene rings is 1. The van der Waals surface area contributed by atoms with E-state index < -0.39 is 11.9 Å². The van der Waals surface area contributed by atoms with Crippen LogP contribution in [0.15, 0.2) is 41.0 Å². The topological polar surface area (TPSA) is 50.2 Å². The maximum Gasteiger partial charge on any atom is 0.312 e. The van der Waals surface area contributed by atoms with E-state index in [0.29, 0.717) is 21.6 Å². The average Bonchev–Trinajstić information content (AvgIpc) is 2.38. The predicted octanol–water partition coefficient (Wildman–Crippen LogP) is 4.22. The van der Waals surface area contributed by atoms with Gasteiger partial charge in [-0.2, -0.15) is 0 Å². The molecule has 3 nitrogen and oxygen atoms in total. The number of hydrogen-bond acceptors (Lipinski definition) is 2. The third kappa shape index (κ3) is 3.38. The van der Waals surface area contributed by atoms with Crippen LogP contribution >= 0.6 is 27.5 Å². The first-order valence-electron chi connectivity index (χ1n) is 6.07. The molecule has 1 aromatic heterocycles. The van der Waals surface area contributed by atoms with Crippen LogP contribution in [0, 0.1) is 6.92 Å². The Morgan fingerprint density at radius 3 is 2.75 bits per heavy atom. The van der Waals surface area contributed by atoms with Crippen LogP contribution in [-0.2, 0) is 11.2 Å². The van der Waals surface area contributed by atoms with Gasteiger partial charge in [0.1, 0.15) is 5.92 Å². The van der Waals surface area contributed by atoms with Crippen molar-refractivity contribution in [2.75, 3.05) is 0 Å². The maximum atomic E-state index is 11.6. The number of nitrogens with zero attached hydrogens (tertiary/aromatic N) is 1. The Kier molecular flexibility index (Phi) is 4.78. The Morgan fingerprint density at radius 1 is 1.45 bits per heavy atom. The predicted molar refractivity (Wildman–Crippen MR) is 82.2 cm³/mol. The van der Waals surface area contributed by atoms with Gasteiger partial charge >= 0.3 is 5.97 Å². The van der Waals surface area contributed by atoms with Gasteiger partial charge in [0.15, 0.2) is 0 Å². The summed E-state index contributed by atoms with van der Waals surface area (Å²) in [6.45, 7) is 1.97. The van der Waals surface area contributed by atoms with Gasteiger partial charge < -0.3 is 5.11 Å². The molecule has 0 radical (unpaired) electrons. The average molecular weight is 355 g/mol. The highest BCUT2D eigenvalue weighted by Crippen LogP contribution is 2.29. The van der Waals surface area contributed by atoms with E-state index in [4.69, 9.17) is 11.6 Å². The van der Waals surface area contributed by atoms with Crippen LogP contribution in [0.4, 0.5) is 0 Å². The number of halogens is 2. The molecule has 5 heteroatoms. The fourth-order valence-corrected chi connectivity index (χ4v) is 2.96. The second-order valence-electron chi connectivity index (χ2n) is 4.54. The van der Waals surface area contributed by atoms with Crippen LogP contribution in [-0.4, -0.2) is 16.1 Å². The monoisotopic (exact) mass is 353 g/mol. The molecule has 1 heterocycles. The van der Waals surface area contributed by atoms with Gasteiger partial charge in [0.05, 0.1) is 10.7 Å². The largest absolute Gasteiger partial charge is 0.481 e. The Hall–Kier alpha value is -1.39. The summed E-state index contributed by atoms with van der Waals surface area (Å²) in [5, 5.41) is 9.95. The molecule has 1 N–H and O–H groups in total. The van der Waals surface area contributed by atoms with Crippen molar-refractivity contribution in [3.05, 3.63) is 62.8 Å². The van der Waals surface area contributed by atoms with E-state index in [2.05, 4.69) is 20.9 Å². The molecule has 1 aromatic carbocycles. The number of carboxylic acid groups (broad SMARTS) is 1. The number of carbonyl (C=O) groups is 1. The molecular weight excluding hydrogens is 342 g/mol. The highest BCUT2D eigenvalue weighted by Gasteiger charge is 2.24. The third-order valence-electron chi connectivity index (χ3n) is 3.15. The number of carboxylic acids is 1. The summed E-state index contributed by atoms with van der Waals surface area (Å²) in [4.78, 5) is 15.7. The van der Waals surface area contributed by atoms with Gasteiger partial charge in [0.2, 0.25) is 0 Å². The van der Waals surface area contributed by atoms with Crippen molar-refractivity contribution < 1.29 is 9.90 Å². The van der Waals surface area contributed by atoms with Crippen LogP contribution in [0.25, 0.3) is 0 Å². The molecule has 1 atom stereocenters. The van der Waals surface area contributed by atoms with E-state index >= 15 is 0 Å². The summed E-state index contributed by atoms with van der Waals surface area (Å²) in [6.07, 6.45) is 1.87. The van der Waals surface area contributed by atoms with Gasteiger partial charge in [-0.05, 0) is 46.5 Å². The number of pyridine rings is 1. The standard InChI is InChI=1S/C15H13BrClNO2/c1-9-4-2-3-5-10(9)6-12(15(19)20)14-13(16)7-11(17)8-18-14/h2-5,7-8,12H,6H2,1H3,(H,19,20). The van der Waals surface area contributed by atoms with Crippen molar-refractivity contribution in [1.82, 2.24) is 4.98 Å². The van der Waals surface area contributed by atoms with Crippen molar-refractivity contribution in [2.45, 2.75) is 19.3 Å². The molecule has 0 bridgehead atoms. The summed E-state index contributed by atoms with van der Waals surface area (Å²) in [6, 6.07) is 9.42. The molecule has 0 saturated heterocycles. The lowest BCUT2D eigenvalue weighted by atomic mass is 9.93. The van der Waals surface area contributed by atoms with Gasteiger partial charge in [-0.1, -0.05) is 35.9 Å². The first-order valence-corrected chi connectivity index (χ1v) is 7.24. The molecule has 0 aliphatic carbocycles. The van der Waals surface area contributed by atoms with Crippen LogP contribution in [0.3, 0.4) is 0 Å². The maximum absolute atomic E-state index is 11.6.